The van der Waals surface area contributed by atoms with Gasteiger partial charge in [0.25, 0.3) is 0 Å². The average Bonchev–Trinajstić information content (AvgIpc) is 2.24. The van der Waals surface area contributed by atoms with Crippen LogP contribution in [0.25, 0.3) is 0 Å². The third-order valence-electron chi connectivity index (χ3n) is 1.60. The molecule has 0 saturated heterocycles. The molecule has 1 aromatic carbocycles. The molecule has 16 heavy (non-hydrogen) atoms. The maximum Gasteiger partial charge on any atom is 0.241 e. The molecule has 3 N–H and O–H groups in total. The van der Waals surface area contributed by atoms with Gasteiger partial charge in [0.15, 0.2) is 0 Å². The van der Waals surface area contributed by atoms with Crippen LogP contribution in [0.5, 0.6) is 5.75 Å². The fourth-order valence-corrected chi connectivity index (χ4v) is 1.65. The second kappa shape index (κ2) is 5.50. The third kappa shape index (κ3) is 3.54. The van der Waals surface area contributed by atoms with E-state index >= 15 is 0 Å². The van der Waals surface area contributed by atoms with Crippen molar-refractivity contribution in [3.05, 3.63) is 36.7 Å². The van der Waals surface area contributed by atoms with Crippen molar-refractivity contribution < 1.29 is 18.0 Å². The van der Waals surface area contributed by atoms with Crippen LogP contribution in [0.4, 0.5) is 0 Å². The largest absolute Gasteiger partial charge is 0.462 e. The monoisotopic (exact) mass is 244 g/mol. The van der Waals surface area contributed by atoms with Crippen molar-refractivity contribution in [2.75, 3.05) is 7.11 Å². The standard InChI is InChI=1S/C9H12N2O4S/c1-14-11-6-7-15-8-4-2-3-5-9(8)16(10,12)13/h2-7,11H,1H3,(H2,10,12,13). The highest BCUT2D eigenvalue weighted by atomic mass is 32.2. The van der Waals surface area contributed by atoms with Gasteiger partial charge in [0.2, 0.25) is 10.0 Å². The maximum atomic E-state index is 11.2. The van der Waals surface area contributed by atoms with Crippen LogP contribution < -0.4 is 15.4 Å². The number of benzene rings is 1. The molecule has 88 valence electrons. The van der Waals surface area contributed by atoms with Crippen LogP contribution in [-0.2, 0) is 14.9 Å². The molecule has 0 aliphatic rings. The van der Waals surface area contributed by atoms with Gasteiger partial charge in [0, 0.05) is 0 Å². The van der Waals surface area contributed by atoms with Crippen molar-refractivity contribution in [3.63, 3.8) is 0 Å². The van der Waals surface area contributed by atoms with E-state index in [4.69, 9.17) is 9.88 Å². The predicted octanol–water partition coefficient (Wildman–Crippen LogP) is 0.335. The van der Waals surface area contributed by atoms with Gasteiger partial charge in [0.1, 0.15) is 16.9 Å². The SMILES string of the molecule is CONC=COc1ccccc1S(N)(=O)=O. The number of nitrogens with one attached hydrogen (secondary N) is 1. The lowest BCUT2D eigenvalue weighted by Gasteiger charge is -2.05. The first-order valence-corrected chi connectivity index (χ1v) is 5.82. The van der Waals surface area contributed by atoms with Crippen molar-refractivity contribution >= 4 is 10.0 Å². The van der Waals surface area contributed by atoms with Gasteiger partial charge >= 0.3 is 0 Å². The minimum absolute atomic E-state index is 0.0722. The van der Waals surface area contributed by atoms with Crippen LogP contribution in [0.1, 0.15) is 0 Å². The van der Waals surface area contributed by atoms with Crippen LogP contribution in [0.15, 0.2) is 41.6 Å². The van der Waals surface area contributed by atoms with Crippen molar-refractivity contribution in [3.8, 4) is 5.75 Å². The van der Waals surface area contributed by atoms with Gasteiger partial charge in [-0.2, -0.15) is 0 Å². The van der Waals surface area contributed by atoms with Gasteiger partial charge in [-0.25, -0.2) is 13.6 Å². The summed E-state index contributed by atoms with van der Waals surface area (Å²) in [6.45, 7) is 0. The summed E-state index contributed by atoms with van der Waals surface area (Å²) in [6, 6.07) is 6.06. The third-order valence-corrected chi connectivity index (χ3v) is 2.55. The first-order valence-electron chi connectivity index (χ1n) is 4.27. The summed E-state index contributed by atoms with van der Waals surface area (Å²) in [5.41, 5.74) is 2.39. The molecule has 0 unspecified atom stereocenters. The average molecular weight is 244 g/mol. The highest BCUT2D eigenvalue weighted by Crippen LogP contribution is 2.21. The second-order valence-electron chi connectivity index (χ2n) is 2.73. The lowest BCUT2D eigenvalue weighted by atomic mass is 10.3. The van der Waals surface area contributed by atoms with E-state index in [0.29, 0.717) is 0 Å². The van der Waals surface area contributed by atoms with E-state index in [1.165, 1.54) is 31.7 Å². The smallest absolute Gasteiger partial charge is 0.241 e. The lowest BCUT2D eigenvalue weighted by Crippen LogP contribution is -2.13. The highest BCUT2D eigenvalue weighted by molar-refractivity contribution is 7.89. The van der Waals surface area contributed by atoms with E-state index in [2.05, 4.69) is 10.3 Å². The summed E-state index contributed by atoms with van der Waals surface area (Å²) in [7, 11) is -2.35. The topological polar surface area (TPSA) is 90.7 Å². The van der Waals surface area contributed by atoms with Crippen molar-refractivity contribution in [1.29, 1.82) is 0 Å². The Morgan fingerprint density at radius 1 is 1.38 bits per heavy atom. The van der Waals surface area contributed by atoms with Gasteiger partial charge in [-0.1, -0.05) is 12.1 Å². The summed E-state index contributed by atoms with van der Waals surface area (Å²) in [5.74, 6) is 0.152. The molecule has 7 heteroatoms. The van der Waals surface area contributed by atoms with Crippen molar-refractivity contribution in [2.45, 2.75) is 4.90 Å². The molecule has 0 fully saturated rings. The zero-order chi connectivity index (χ0) is 12.0. The van der Waals surface area contributed by atoms with E-state index in [9.17, 15) is 8.42 Å². The van der Waals surface area contributed by atoms with Crippen LogP contribution in [0, 0.1) is 0 Å². The zero-order valence-corrected chi connectivity index (χ0v) is 9.40. The molecule has 0 radical (unpaired) electrons. The number of hydroxylamine groups is 1. The summed E-state index contributed by atoms with van der Waals surface area (Å²) < 4.78 is 27.4. The number of nitrogens with two attached hydrogens (primary N) is 1. The van der Waals surface area contributed by atoms with Crippen molar-refractivity contribution in [2.24, 2.45) is 5.14 Å². The molecular formula is C9H12N2O4S. The first kappa shape index (κ1) is 12.5. The van der Waals surface area contributed by atoms with Crippen molar-refractivity contribution in [1.82, 2.24) is 5.48 Å². The van der Waals surface area contributed by atoms with Gasteiger partial charge in [-0.05, 0) is 12.1 Å². The number of primary sulfonamides is 1. The minimum atomic E-state index is -3.79. The Hall–Kier alpha value is -1.57. The number of rotatable bonds is 5. The second-order valence-corrected chi connectivity index (χ2v) is 4.26. The Kier molecular flexibility index (Phi) is 4.29. The fraction of sp³-hybridized carbons (Fsp3) is 0.111. The highest BCUT2D eigenvalue weighted by Gasteiger charge is 2.13. The summed E-state index contributed by atoms with van der Waals surface area (Å²) >= 11 is 0. The zero-order valence-electron chi connectivity index (χ0n) is 8.58. The molecular weight excluding hydrogens is 232 g/mol. The summed E-state index contributed by atoms with van der Waals surface area (Å²) in [6.07, 6.45) is 2.60. The Bertz CT molecular complexity index is 470. The van der Waals surface area contributed by atoms with E-state index in [1.54, 1.807) is 12.1 Å². The molecule has 0 atom stereocenters. The van der Waals surface area contributed by atoms with Crippen LogP contribution >= 0.6 is 0 Å². The van der Waals surface area contributed by atoms with E-state index in [-0.39, 0.29) is 10.6 Å². The molecule has 0 heterocycles. The minimum Gasteiger partial charge on any atom is -0.462 e. The first-order chi connectivity index (χ1) is 7.55. The lowest BCUT2D eigenvalue weighted by molar-refractivity contribution is 0.126. The molecule has 0 spiro atoms. The summed E-state index contributed by atoms with van der Waals surface area (Å²) in [4.78, 5) is 4.45. The quantitative estimate of drug-likeness (QED) is 0.575. The molecule has 1 aromatic rings. The maximum absolute atomic E-state index is 11.2. The molecule has 1 rings (SSSR count). The Labute approximate surface area is 93.7 Å². The van der Waals surface area contributed by atoms with E-state index < -0.39 is 10.0 Å². The van der Waals surface area contributed by atoms with E-state index in [1.807, 2.05) is 0 Å². The van der Waals surface area contributed by atoms with Gasteiger partial charge in [-0.3, -0.25) is 10.3 Å². The number of sulfonamides is 1. The number of ether oxygens (including phenoxy) is 1. The van der Waals surface area contributed by atoms with Gasteiger partial charge in [-0.15, -0.1) is 0 Å². The molecule has 0 aliphatic heterocycles. The number of hydrogen-bond donors (Lipinski definition) is 2. The summed E-state index contributed by atoms with van der Waals surface area (Å²) in [5, 5.41) is 5.02. The number of para-hydroxylation sites is 1. The Balaban J connectivity index is 2.88. The molecule has 0 amide bonds. The predicted molar refractivity (Wildman–Crippen MR) is 57.7 cm³/mol. The Morgan fingerprint density at radius 2 is 2.06 bits per heavy atom. The van der Waals surface area contributed by atoms with Crippen LogP contribution in [0.2, 0.25) is 0 Å². The molecule has 0 aliphatic carbocycles. The number of hydrogen-bond acceptors (Lipinski definition) is 5. The molecule has 6 nitrogen and oxygen atoms in total. The van der Waals surface area contributed by atoms with Gasteiger partial charge in [0.05, 0.1) is 13.3 Å². The van der Waals surface area contributed by atoms with E-state index in [0.717, 1.165) is 0 Å². The van der Waals surface area contributed by atoms with Gasteiger partial charge < -0.3 is 4.74 Å². The Morgan fingerprint density at radius 3 is 2.69 bits per heavy atom. The van der Waals surface area contributed by atoms with Crippen LogP contribution in [0.3, 0.4) is 0 Å². The fourth-order valence-electron chi connectivity index (χ4n) is 0.986. The molecule has 0 bridgehead atoms. The molecule has 0 aromatic heterocycles. The molecule has 0 saturated carbocycles. The normalized spacial score (nSPS) is 11.6. The van der Waals surface area contributed by atoms with Crippen LogP contribution in [-0.4, -0.2) is 15.5 Å².